The van der Waals surface area contributed by atoms with Crippen LogP contribution in [0, 0.1) is 0 Å². The molecular weight excluding hydrogens is 238 g/mol. The lowest BCUT2D eigenvalue weighted by atomic mass is 9.92. The van der Waals surface area contributed by atoms with Gasteiger partial charge in [-0.25, -0.2) is 0 Å². The third-order valence-electron chi connectivity index (χ3n) is 3.04. The lowest BCUT2D eigenvalue weighted by Gasteiger charge is -2.35. The normalized spacial score (nSPS) is 24.6. The lowest BCUT2D eigenvalue weighted by molar-refractivity contribution is 0.0353. The molecule has 94 valence electrons. The van der Waals surface area contributed by atoms with Crippen LogP contribution in [0.3, 0.4) is 0 Å². The molecule has 0 bridgehead atoms. The molecule has 1 unspecified atom stereocenters. The first-order chi connectivity index (χ1) is 8.13. The molecule has 1 aliphatic heterocycles. The number of benzene rings is 1. The number of hydrogen-bond donors (Lipinski definition) is 1. The van der Waals surface area contributed by atoms with Crippen molar-refractivity contribution in [1.82, 2.24) is 5.32 Å². The Hall–Kier alpha value is -0.770. The van der Waals surface area contributed by atoms with Gasteiger partial charge in [0.25, 0.3) is 0 Å². The Bertz CT molecular complexity index is 389. The van der Waals surface area contributed by atoms with Gasteiger partial charge in [0.1, 0.15) is 5.75 Å². The van der Waals surface area contributed by atoms with Crippen LogP contribution < -0.4 is 10.1 Å². The Balaban J connectivity index is 2.19. The number of nitrogens with one attached hydrogen (secondary N) is 1. The molecule has 4 heteroatoms. The third kappa shape index (κ3) is 3.12. The van der Waals surface area contributed by atoms with E-state index in [4.69, 9.17) is 21.1 Å². The quantitative estimate of drug-likeness (QED) is 0.899. The minimum atomic E-state index is -0.0454. The van der Waals surface area contributed by atoms with Gasteiger partial charge in [0, 0.05) is 17.1 Å². The molecule has 1 atom stereocenters. The molecular formula is C13H18ClNO2. The van der Waals surface area contributed by atoms with Crippen molar-refractivity contribution in [2.75, 3.05) is 26.9 Å². The van der Waals surface area contributed by atoms with Crippen molar-refractivity contribution in [3.63, 3.8) is 0 Å². The van der Waals surface area contributed by atoms with E-state index >= 15 is 0 Å². The maximum absolute atomic E-state index is 6.03. The van der Waals surface area contributed by atoms with E-state index in [0.717, 1.165) is 35.9 Å². The molecule has 1 aromatic rings. The zero-order chi connectivity index (χ0) is 12.3. The predicted octanol–water partition coefficient (Wildman–Crippen LogP) is 2.27. The monoisotopic (exact) mass is 255 g/mol. The maximum atomic E-state index is 6.03. The first-order valence-corrected chi connectivity index (χ1v) is 6.16. The molecule has 2 rings (SSSR count). The highest BCUT2D eigenvalue weighted by atomic mass is 35.5. The zero-order valence-electron chi connectivity index (χ0n) is 10.3. The molecule has 0 aromatic heterocycles. The molecule has 0 radical (unpaired) electrons. The van der Waals surface area contributed by atoms with Crippen molar-refractivity contribution in [2.24, 2.45) is 0 Å². The highest BCUT2D eigenvalue weighted by molar-refractivity contribution is 6.30. The average molecular weight is 256 g/mol. The Morgan fingerprint density at radius 3 is 3.00 bits per heavy atom. The number of halogens is 1. The summed E-state index contributed by atoms with van der Waals surface area (Å²) in [4.78, 5) is 0. The highest BCUT2D eigenvalue weighted by Crippen LogP contribution is 2.27. The summed E-state index contributed by atoms with van der Waals surface area (Å²) in [6.45, 7) is 4.54. The number of hydrogen-bond acceptors (Lipinski definition) is 3. The first kappa shape index (κ1) is 12.7. The molecule has 1 aromatic carbocycles. The third-order valence-corrected chi connectivity index (χ3v) is 3.28. The molecule has 17 heavy (non-hydrogen) atoms. The van der Waals surface area contributed by atoms with Crippen LogP contribution in [0.15, 0.2) is 18.2 Å². The van der Waals surface area contributed by atoms with Crippen LogP contribution in [0.5, 0.6) is 5.75 Å². The standard InChI is InChI=1S/C13H18ClNO2/c1-13(9-17-6-5-15-13)8-10-7-11(14)3-4-12(10)16-2/h3-4,7,15H,5-6,8-9H2,1-2H3. The van der Waals surface area contributed by atoms with Gasteiger partial charge in [-0.3, -0.25) is 0 Å². The SMILES string of the molecule is COc1ccc(Cl)cc1CC1(C)COCCN1. The van der Waals surface area contributed by atoms with Crippen molar-refractivity contribution in [2.45, 2.75) is 18.9 Å². The summed E-state index contributed by atoms with van der Waals surface area (Å²) in [5.74, 6) is 0.878. The summed E-state index contributed by atoms with van der Waals surface area (Å²) < 4.78 is 10.9. The van der Waals surface area contributed by atoms with E-state index in [9.17, 15) is 0 Å². The van der Waals surface area contributed by atoms with Crippen LogP contribution >= 0.6 is 11.6 Å². The second kappa shape index (κ2) is 5.25. The van der Waals surface area contributed by atoms with Crippen molar-refractivity contribution in [3.8, 4) is 5.75 Å². The van der Waals surface area contributed by atoms with Crippen molar-refractivity contribution in [3.05, 3.63) is 28.8 Å². The Morgan fingerprint density at radius 2 is 2.35 bits per heavy atom. The molecule has 1 heterocycles. The average Bonchev–Trinajstić information content (AvgIpc) is 2.29. The number of methoxy groups -OCH3 is 1. The minimum Gasteiger partial charge on any atom is -0.496 e. The van der Waals surface area contributed by atoms with Gasteiger partial charge in [0.2, 0.25) is 0 Å². The Labute approximate surface area is 107 Å². The maximum Gasteiger partial charge on any atom is 0.122 e. The topological polar surface area (TPSA) is 30.5 Å². The van der Waals surface area contributed by atoms with Gasteiger partial charge >= 0.3 is 0 Å². The van der Waals surface area contributed by atoms with Crippen LogP contribution in [-0.2, 0) is 11.2 Å². The summed E-state index contributed by atoms with van der Waals surface area (Å²) >= 11 is 6.03. The molecule has 0 saturated carbocycles. The minimum absolute atomic E-state index is 0.0454. The molecule has 3 nitrogen and oxygen atoms in total. The fraction of sp³-hybridized carbons (Fsp3) is 0.538. The summed E-state index contributed by atoms with van der Waals surface area (Å²) in [5, 5.41) is 4.23. The van der Waals surface area contributed by atoms with E-state index in [0.29, 0.717) is 6.61 Å². The van der Waals surface area contributed by atoms with Gasteiger partial charge in [0.15, 0.2) is 0 Å². The van der Waals surface area contributed by atoms with E-state index in [1.54, 1.807) is 7.11 Å². The Kier molecular flexibility index (Phi) is 3.92. The van der Waals surface area contributed by atoms with Gasteiger partial charge in [0.05, 0.1) is 20.3 Å². The molecule has 0 amide bonds. The van der Waals surface area contributed by atoms with Gasteiger partial charge in [-0.2, -0.15) is 0 Å². The van der Waals surface area contributed by atoms with Crippen molar-refractivity contribution >= 4 is 11.6 Å². The van der Waals surface area contributed by atoms with E-state index in [1.807, 2.05) is 18.2 Å². The van der Waals surface area contributed by atoms with Gasteiger partial charge in [-0.1, -0.05) is 11.6 Å². The smallest absolute Gasteiger partial charge is 0.122 e. The second-order valence-electron chi connectivity index (χ2n) is 4.67. The largest absolute Gasteiger partial charge is 0.496 e. The van der Waals surface area contributed by atoms with Crippen molar-refractivity contribution < 1.29 is 9.47 Å². The van der Waals surface area contributed by atoms with Gasteiger partial charge < -0.3 is 14.8 Å². The summed E-state index contributed by atoms with van der Waals surface area (Å²) in [6.07, 6.45) is 0.844. The second-order valence-corrected chi connectivity index (χ2v) is 5.11. The summed E-state index contributed by atoms with van der Waals surface area (Å²) in [6, 6.07) is 5.71. The molecule has 0 spiro atoms. The fourth-order valence-electron chi connectivity index (χ4n) is 2.19. The molecule has 1 N–H and O–H groups in total. The van der Waals surface area contributed by atoms with Crippen LogP contribution in [-0.4, -0.2) is 32.4 Å². The van der Waals surface area contributed by atoms with Crippen LogP contribution in [0.4, 0.5) is 0 Å². The highest BCUT2D eigenvalue weighted by Gasteiger charge is 2.28. The van der Waals surface area contributed by atoms with E-state index in [2.05, 4.69) is 12.2 Å². The predicted molar refractivity (Wildman–Crippen MR) is 68.9 cm³/mol. The summed E-state index contributed by atoms with van der Waals surface area (Å²) in [5.41, 5.74) is 1.07. The number of morpholine rings is 1. The lowest BCUT2D eigenvalue weighted by Crippen LogP contribution is -2.53. The van der Waals surface area contributed by atoms with Crippen molar-refractivity contribution in [1.29, 1.82) is 0 Å². The van der Waals surface area contributed by atoms with Gasteiger partial charge in [-0.05, 0) is 37.1 Å². The van der Waals surface area contributed by atoms with Crippen LogP contribution in [0.2, 0.25) is 5.02 Å². The number of rotatable bonds is 3. The number of ether oxygens (including phenoxy) is 2. The molecule has 1 aliphatic rings. The zero-order valence-corrected chi connectivity index (χ0v) is 11.0. The van der Waals surface area contributed by atoms with Gasteiger partial charge in [-0.15, -0.1) is 0 Å². The van der Waals surface area contributed by atoms with Crippen LogP contribution in [0.1, 0.15) is 12.5 Å². The molecule has 0 aliphatic carbocycles. The van der Waals surface area contributed by atoms with Crippen LogP contribution in [0.25, 0.3) is 0 Å². The Morgan fingerprint density at radius 1 is 1.53 bits per heavy atom. The fourth-order valence-corrected chi connectivity index (χ4v) is 2.39. The summed E-state index contributed by atoms with van der Waals surface area (Å²) in [7, 11) is 1.68. The van der Waals surface area contributed by atoms with E-state index in [1.165, 1.54) is 0 Å². The molecule has 1 saturated heterocycles. The first-order valence-electron chi connectivity index (χ1n) is 5.78. The van der Waals surface area contributed by atoms with E-state index < -0.39 is 0 Å². The van der Waals surface area contributed by atoms with E-state index in [-0.39, 0.29) is 5.54 Å². The molecule has 1 fully saturated rings.